The number of aliphatic carboxylic acids is 1. The molecule has 1 fully saturated rings. The van der Waals surface area contributed by atoms with Crippen LogP contribution in [0, 0.1) is 0 Å². The van der Waals surface area contributed by atoms with E-state index in [0.717, 1.165) is 32.8 Å². The van der Waals surface area contributed by atoms with Gasteiger partial charge in [-0.25, -0.2) is 4.79 Å². The van der Waals surface area contributed by atoms with Gasteiger partial charge < -0.3 is 20.5 Å². The fraction of sp³-hybridized carbons (Fsp3) is 0.387. The van der Waals surface area contributed by atoms with E-state index >= 15 is 0 Å². The number of hydrogen-bond donors (Lipinski definition) is 3. The minimum atomic E-state index is -5.08. The van der Waals surface area contributed by atoms with E-state index in [2.05, 4.69) is 94.4 Å². The maximum atomic E-state index is 10.6. The number of halogens is 3. The lowest BCUT2D eigenvalue weighted by Crippen LogP contribution is -2.41. The minimum absolute atomic E-state index is 0.602. The average Bonchev–Trinajstić information content (AvgIpc) is 2.96. The monoisotopic (exact) mass is 557 g/mol. The van der Waals surface area contributed by atoms with Crippen molar-refractivity contribution in [3.8, 4) is 11.1 Å². The van der Waals surface area contributed by atoms with E-state index in [4.69, 9.17) is 14.6 Å². The highest BCUT2D eigenvalue weighted by atomic mass is 19.4. The van der Waals surface area contributed by atoms with Crippen LogP contribution in [-0.2, 0) is 29.2 Å². The summed E-state index contributed by atoms with van der Waals surface area (Å²) in [5.74, 6) is -2.76. The number of likely N-dealkylation sites (tertiary alicyclic amines) is 1. The molecule has 1 aliphatic rings. The van der Waals surface area contributed by atoms with Gasteiger partial charge in [-0.05, 0) is 59.8 Å². The second-order valence-corrected chi connectivity index (χ2v) is 9.79. The number of benzene rings is 3. The Hall–Kier alpha value is -3.24. The number of hydrogen-bond acceptors (Lipinski definition) is 5. The largest absolute Gasteiger partial charge is 0.490 e. The van der Waals surface area contributed by atoms with Crippen molar-refractivity contribution in [2.75, 3.05) is 33.4 Å². The average molecular weight is 558 g/mol. The van der Waals surface area contributed by atoms with Crippen LogP contribution in [0.4, 0.5) is 13.2 Å². The molecule has 0 saturated carbocycles. The summed E-state index contributed by atoms with van der Waals surface area (Å²) in [6, 6.07) is 29.2. The van der Waals surface area contributed by atoms with Gasteiger partial charge in [0.25, 0.3) is 0 Å². The van der Waals surface area contributed by atoms with Gasteiger partial charge in [0, 0.05) is 39.3 Å². The Labute approximate surface area is 234 Å². The smallest absolute Gasteiger partial charge is 0.475 e. The van der Waals surface area contributed by atoms with Gasteiger partial charge in [0.15, 0.2) is 0 Å². The Balaban J connectivity index is 0.000000559. The van der Waals surface area contributed by atoms with Gasteiger partial charge in [0.05, 0.1) is 6.61 Å². The molecule has 0 amide bonds. The Morgan fingerprint density at radius 1 is 0.900 bits per heavy atom. The molecule has 3 aromatic rings. The Kier molecular flexibility index (Phi) is 12.6. The van der Waals surface area contributed by atoms with E-state index in [1.807, 2.05) is 0 Å². The van der Waals surface area contributed by atoms with Crippen molar-refractivity contribution < 1.29 is 27.8 Å². The van der Waals surface area contributed by atoms with E-state index in [-0.39, 0.29) is 0 Å². The van der Waals surface area contributed by atoms with Crippen molar-refractivity contribution in [1.29, 1.82) is 0 Å². The number of carboxylic acid groups (broad SMARTS) is 1. The van der Waals surface area contributed by atoms with Crippen LogP contribution in [-0.4, -0.2) is 61.5 Å². The molecule has 6 nitrogen and oxygen atoms in total. The standard InChI is InChI=1S/C29H37N3O.C2HF3O2/c1-33-19-16-30-21-24-10-12-27(13-11-24)28-9-5-8-26(20-28)22-31-29-14-17-32(18-15-29)23-25-6-3-2-4-7-25;3-2(4,5)1(6)7/h2-13,20,29-31H,14-19,21-23H2,1H3;(H,6,7). The number of methoxy groups -OCH3 is 1. The third-order valence-corrected chi connectivity index (χ3v) is 6.70. The van der Waals surface area contributed by atoms with E-state index in [1.54, 1.807) is 7.11 Å². The van der Waals surface area contributed by atoms with Crippen LogP contribution in [0.1, 0.15) is 29.5 Å². The predicted molar refractivity (Wildman–Crippen MR) is 151 cm³/mol. The second kappa shape index (κ2) is 16.1. The van der Waals surface area contributed by atoms with Crippen LogP contribution in [0.25, 0.3) is 11.1 Å². The minimum Gasteiger partial charge on any atom is -0.475 e. The molecule has 3 N–H and O–H groups in total. The number of carboxylic acids is 1. The first kappa shape index (κ1) is 31.3. The molecule has 0 aliphatic carbocycles. The van der Waals surface area contributed by atoms with Gasteiger partial charge >= 0.3 is 12.1 Å². The summed E-state index contributed by atoms with van der Waals surface area (Å²) in [5, 5.41) is 14.3. The number of alkyl halides is 3. The van der Waals surface area contributed by atoms with Gasteiger partial charge in [0.2, 0.25) is 0 Å². The SMILES string of the molecule is COCCNCc1ccc(-c2cccc(CNC3CCN(Cc4ccccc4)CC3)c2)cc1.O=C(O)C(F)(F)F. The molecule has 0 aromatic heterocycles. The number of rotatable bonds is 11. The van der Waals surface area contributed by atoms with Crippen LogP contribution in [0.15, 0.2) is 78.9 Å². The van der Waals surface area contributed by atoms with Gasteiger partial charge in [-0.3, -0.25) is 4.90 Å². The molecule has 0 spiro atoms. The number of piperidine rings is 1. The number of nitrogens with zero attached hydrogens (tertiary/aromatic N) is 1. The van der Waals surface area contributed by atoms with Crippen LogP contribution in [0.2, 0.25) is 0 Å². The lowest BCUT2D eigenvalue weighted by atomic mass is 10.0. The van der Waals surface area contributed by atoms with Crippen molar-refractivity contribution >= 4 is 5.97 Å². The third kappa shape index (κ3) is 11.1. The molecule has 1 aliphatic heterocycles. The summed E-state index contributed by atoms with van der Waals surface area (Å²) in [7, 11) is 1.73. The van der Waals surface area contributed by atoms with E-state index in [1.165, 1.54) is 53.7 Å². The normalized spacial score (nSPS) is 14.4. The van der Waals surface area contributed by atoms with E-state index in [0.29, 0.717) is 6.04 Å². The molecule has 0 bridgehead atoms. The highest BCUT2D eigenvalue weighted by molar-refractivity contribution is 5.73. The summed E-state index contributed by atoms with van der Waals surface area (Å²) in [6.45, 7) is 6.82. The maximum Gasteiger partial charge on any atom is 0.490 e. The summed E-state index contributed by atoms with van der Waals surface area (Å²) in [5.41, 5.74) is 6.62. The molecular formula is C31H38F3N3O3. The highest BCUT2D eigenvalue weighted by Gasteiger charge is 2.38. The number of nitrogens with one attached hydrogen (secondary N) is 2. The van der Waals surface area contributed by atoms with Crippen molar-refractivity contribution in [2.45, 2.75) is 44.7 Å². The topological polar surface area (TPSA) is 73.8 Å². The zero-order chi connectivity index (χ0) is 28.8. The number of carbonyl (C=O) groups is 1. The molecule has 1 heterocycles. The van der Waals surface area contributed by atoms with Crippen LogP contribution < -0.4 is 10.6 Å². The molecule has 0 radical (unpaired) electrons. The van der Waals surface area contributed by atoms with Crippen molar-refractivity contribution in [2.24, 2.45) is 0 Å². The fourth-order valence-corrected chi connectivity index (χ4v) is 4.48. The van der Waals surface area contributed by atoms with E-state index in [9.17, 15) is 13.2 Å². The molecule has 1 saturated heterocycles. The van der Waals surface area contributed by atoms with Crippen molar-refractivity contribution in [3.63, 3.8) is 0 Å². The Bertz CT molecular complexity index is 1150. The maximum absolute atomic E-state index is 10.6. The third-order valence-electron chi connectivity index (χ3n) is 6.70. The Morgan fingerprint density at radius 3 is 2.17 bits per heavy atom. The molecule has 0 atom stereocenters. The molecule has 3 aromatic carbocycles. The predicted octanol–water partition coefficient (Wildman–Crippen LogP) is 5.48. The molecular weight excluding hydrogens is 519 g/mol. The lowest BCUT2D eigenvalue weighted by molar-refractivity contribution is -0.192. The Morgan fingerprint density at radius 2 is 1.55 bits per heavy atom. The summed E-state index contributed by atoms with van der Waals surface area (Å²) in [4.78, 5) is 11.5. The molecule has 216 valence electrons. The summed E-state index contributed by atoms with van der Waals surface area (Å²) in [6.07, 6.45) is -2.65. The van der Waals surface area contributed by atoms with Gasteiger partial charge in [-0.1, -0.05) is 72.8 Å². The molecule has 4 rings (SSSR count). The van der Waals surface area contributed by atoms with Crippen LogP contribution >= 0.6 is 0 Å². The summed E-state index contributed by atoms with van der Waals surface area (Å²) >= 11 is 0. The first-order valence-corrected chi connectivity index (χ1v) is 13.4. The van der Waals surface area contributed by atoms with Gasteiger partial charge in [-0.2, -0.15) is 13.2 Å². The quantitative estimate of drug-likeness (QED) is 0.271. The lowest BCUT2D eigenvalue weighted by Gasteiger charge is -2.32. The fourth-order valence-electron chi connectivity index (χ4n) is 4.48. The molecule has 0 unspecified atom stereocenters. The van der Waals surface area contributed by atoms with Crippen LogP contribution in [0.5, 0.6) is 0 Å². The van der Waals surface area contributed by atoms with Crippen LogP contribution in [0.3, 0.4) is 0 Å². The zero-order valence-electron chi connectivity index (χ0n) is 22.8. The molecule has 40 heavy (non-hydrogen) atoms. The first-order chi connectivity index (χ1) is 19.2. The molecule has 9 heteroatoms. The van der Waals surface area contributed by atoms with E-state index < -0.39 is 12.1 Å². The second-order valence-electron chi connectivity index (χ2n) is 9.79. The first-order valence-electron chi connectivity index (χ1n) is 13.4. The number of ether oxygens (including phenoxy) is 1. The van der Waals surface area contributed by atoms with Crippen molar-refractivity contribution in [1.82, 2.24) is 15.5 Å². The van der Waals surface area contributed by atoms with Gasteiger partial charge in [0.1, 0.15) is 0 Å². The highest BCUT2D eigenvalue weighted by Crippen LogP contribution is 2.22. The van der Waals surface area contributed by atoms with Gasteiger partial charge in [-0.15, -0.1) is 0 Å². The summed E-state index contributed by atoms with van der Waals surface area (Å²) < 4.78 is 36.8. The zero-order valence-corrected chi connectivity index (χ0v) is 22.8. The van der Waals surface area contributed by atoms with Crippen molar-refractivity contribution in [3.05, 3.63) is 95.6 Å².